The third-order valence-electron chi connectivity index (χ3n) is 2.67. The zero-order chi connectivity index (χ0) is 13.8. The van der Waals surface area contributed by atoms with Crippen LogP contribution in [0.4, 0.5) is 5.82 Å². The zero-order valence-electron chi connectivity index (χ0n) is 11.1. The van der Waals surface area contributed by atoms with E-state index in [-0.39, 0.29) is 0 Å². The summed E-state index contributed by atoms with van der Waals surface area (Å²) in [6.45, 7) is 0.400. The predicted octanol–water partition coefficient (Wildman–Crippen LogP) is 2.09. The van der Waals surface area contributed by atoms with Crippen molar-refractivity contribution in [1.82, 2.24) is 5.16 Å². The first-order chi connectivity index (χ1) is 9.19. The van der Waals surface area contributed by atoms with Crippen molar-refractivity contribution in [2.45, 2.75) is 6.61 Å². The molecule has 0 fully saturated rings. The van der Waals surface area contributed by atoms with Gasteiger partial charge in [-0.05, 0) is 12.1 Å². The Bertz CT molecular complexity index is 566. The number of rotatable bonds is 5. The molecular formula is C13H16N2O4. The zero-order valence-corrected chi connectivity index (χ0v) is 11.1. The van der Waals surface area contributed by atoms with Crippen LogP contribution in [0.25, 0.3) is 11.3 Å². The van der Waals surface area contributed by atoms with Crippen LogP contribution >= 0.6 is 0 Å². The highest BCUT2D eigenvalue weighted by molar-refractivity contribution is 5.71. The fourth-order valence-electron chi connectivity index (χ4n) is 1.88. The van der Waals surface area contributed by atoms with E-state index in [0.29, 0.717) is 29.7 Å². The number of methoxy groups -OCH3 is 3. The van der Waals surface area contributed by atoms with Crippen molar-refractivity contribution in [3.8, 4) is 22.8 Å². The second-order valence-corrected chi connectivity index (χ2v) is 3.92. The maximum Gasteiger partial charge on any atom is 0.172 e. The van der Waals surface area contributed by atoms with E-state index in [1.54, 1.807) is 33.5 Å². The Kier molecular flexibility index (Phi) is 3.91. The fourth-order valence-corrected chi connectivity index (χ4v) is 1.88. The lowest BCUT2D eigenvalue weighted by Gasteiger charge is -2.13. The van der Waals surface area contributed by atoms with Gasteiger partial charge in [0, 0.05) is 18.7 Å². The Morgan fingerprint density at radius 2 is 1.95 bits per heavy atom. The quantitative estimate of drug-likeness (QED) is 0.890. The highest BCUT2D eigenvalue weighted by Crippen LogP contribution is 2.37. The van der Waals surface area contributed by atoms with Crippen molar-refractivity contribution in [2.75, 3.05) is 27.1 Å². The number of benzene rings is 1. The number of hydrogen-bond acceptors (Lipinski definition) is 6. The first kappa shape index (κ1) is 13.2. The molecule has 6 heteroatoms. The van der Waals surface area contributed by atoms with Crippen LogP contribution in [-0.2, 0) is 11.3 Å². The van der Waals surface area contributed by atoms with E-state index in [0.717, 1.165) is 11.1 Å². The van der Waals surface area contributed by atoms with Crippen LogP contribution in [0.5, 0.6) is 11.5 Å². The van der Waals surface area contributed by atoms with Gasteiger partial charge in [0.25, 0.3) is 0 Å². The molecule has 0 unspecified atom stereocenters. The van der Waals surface area contributed by atoms with Gasteiger partial charge >= 0.3 is 0 Å². The molecule has 0 aliphatic rings. The lowest BCUT2D eigenvalue weighted by atomic mass is 10.1. The van der Waals surface area contributed by atoms with Crippen LogP contribution in [0.15, 0.2) is 22.7 Å². The molecule has 0 spiro atoms. The first-order valence-corrected chi connectivity index (χ1v) is 5.66. The van der Waals surface area contributed by atoms with Crippen molar-refractivity contribution < 1.29 is 18.7 Å². The number of aromatic nitrogens is 1. The van der Waals surface area contributed by atoms with Crippen molar-refractivity contribution in [2.24, 2.45) is 0 Å². The Balaban J connectivity index is 2.59. The van der Waals surface area contributed by atoms with E-state index < -0.39 is 0 Å². The highest BCUT2D eigenvalue weighted by atomic mass is 16.5. The summed E-state index contributed by atoms with van der Waals surface area (Å²) in [5, 5.41) is 3.67. The Hall–Kier alpha value is -2.21. The predicted molar refractivity (Wildman–Crippen MR) is 70.2 cm³/mol. The van der Waals surface area contributed by atoms with Crippen LogP contribution < -0.4 is 15.2 Å². The molecule has 19 heavy (non-hydrogen) atoms. The molecule has 2 N–H and O–H groups in total. The molecule has 2 aromatic rings. The molecule has 2 rings (SSSR count). The normalized spacial score (nSPS) is 10.5. The first-order valence-electron chi connectivity index (χ1n) is 5.66. The lowest BCUT2D eigenvalue weighted by Crippen LogP contribution is -1.98. The highest BCUT2D eigenvalue weighted by Gasteiger charge is 2.17. The van der Waals surface area contributed by atoms with Crippen LogP contribution in [0.1, 0.15) is 5.56 Å². The lowest BCUT2D eigenvalue weighted by molar-refractivity contribution is 0.181. The summed E-state index contributed by atoms with van der Waals surface area (Å²) >= 11 is 0. The minimum atomic E-state index is 0.313. The van der Waals surface area contributed by atoms with Crippen LogP contribution in [0.3, 0.4) is 0 Å². The van der Waals surface area contributed by atoms with Gasteiger partial charge in [-0.15, -0.1) is 0 Å². The third-order valence-corrected chi connectivity index (χ3v) is 2.67. The summed E-state index contributed by atoms with van der Waals surface area (Å²) in [6, 6.07) is 5.29. The number of nitrogen functional groups attached to an aromatic ring is 1. The molecule has 1 aromatic heterocycles. The maximum absolute atomic E-state index is 5.57. The van der Waals surface area contributed by atoms with E-state index in [9.17, 15) is 0 Å². The Labute approximate surface area is 111 Å². The average Bonchev–Trinajstić information content (AvgIpc) is 2.84. The van der Waals surface area contributed by atoms with E-state index in [2.05, 4.69) is 5.16 Å². The molecule has 0 bridgehead atoms. The third kappa shape index (κ3) is 2.63. The van der Waals surface area contributed by atoms with Gasteiger partial charge < -0.3 is 24.5 Å². The maximum atomic E-state index is 5.57. The second kappa shape index (κ2) is 5.62. The molecule has 0 aliphatic carbocycles. The van der Waals surface area contributed by atoms with Crippen molar-refractivity contribution in [3.05, 3.63) is 23.8 Å². The minimum absolute atomic E-state index is 0.313. The van der Waals surface area contributed by atoms with Crippen LogP contribution in [-0.4, -0.2) is 26.5 Å². The topological polar surface area (TPSA) is 79.7 Å². The monoisotopic (exact) mass is 264 g/mol. The van der Waals surface area contributed by atoms with Gasteiger partial charge in [-0.25, -0.2) is 0 Å². The largest absolute Gasteiger partial charge is 0.497 e. The van der Waals surface area contributed by atoms with Gasteiger partial charge in [0.1, 0.15) is 11.5 Å². The summed E-state index contributed by atoms with van der Waals surface area (Å²) in [5.41, 5.74) is 7.15. The van der Waals surface area contributed by atoms with E-state index in [4.69, 9.17) is 24.5 Å². The van der Waals surface area contributed by atoms with Crippen molar-refractivity contribution in [3.63, 3.8) is 0 Å². The summed E-state index contributed by atoms with van der Waals surface area (Å²) in [7, 11) is 4.80. The number of nitrogens with zero attached hydrogens (tertiary/aromatic N) is 1. The van der Waals surface area contributed by atoms with Crippen molar-refractivity contribution in [1.29, 1.82) is 0 Å². The van der Waals surface area contributed by atoms with Gasteiger partial charge in [-0.2, -0.15) is 0 Å². The van der Waals surface area contributed by atoms with E-state index in [1.807, 2.05) is 6.07 Å². The van der Waals surface area contributed by atoms with Crippen molar-refractivity contribution >= 4 is 5.82 Å². The molecule has 0 saturated carbocycles. The summed E-state index contributed by atoms with van der Waals surface area (Å²) in [6.07, 6.45) is 0. The van der Waals surface area contributed by atoms with Crippen LogP contribution in [0, 0.1) is 0 Å². The summed E-state index contributed by atoms with van der Waals surface area (Å²) < 4.78 is 21.0. The molecule has 0 saturated heterocycles. The molecule has 0 amide bonds. The van der Waals surface area contributed by atoms with Gasteiger partial charge in [0.05, 0.1) is 26.4 Å². The fraction of sp³-hybridized carbons (Fsp3) is 0.308. The molecule has 0 aliphatic heterocycles. The molecule has 1 aromatic carbocycles. The Morgan fingerprint density at radius 3 is 2.47 bits per heavy atom. The SMILES string of the molecule is COCc1cc(OC)cc(-c2cc(N)no2)c1OC. The number of hydrogen-bond donors (Lipinski definition) is 1. The standard InChI is InChI=1S/C13H16N2O4/c1-16-7-8-4-9(17-2)5-10(13(8)18-3)11-6-12(14)15-19-11/h4-6H,7H2,1-3H3,(H2,14,15). The van der Waals surface area contributed by atoms with Gasteiger partial charge in [0.15, 0.2) is 11.6 Å². The van der Waals surface area contributed by atoms with E-state index >= 15 is 0 Å². The minimum Gasteiger partial charge on any atom is -0.497 e. The second-order valence-electron chi connectivity index (χ2n) is 3.92. The Morgan fingerprint density at radius 1 is 1.16 bits per heavy atom. The molecule has 1 heterocycles. The molecule has 6 nitrogen and oxygen atoms in total. The smallest absolute Gasteiger partial charge is 0.172 e. The van der Waals surface area contributed by atoms with Crippen LogP contribution in [0.2, 0.25) is 0 Å². The number of nitrogens with two attached hydrogens (primary N) is 1. The molecule has 0 radical (unpaired) electrons. The van der Waals surface area contributed by atoms with Gasteiger partial charge in [-0.3, -0.25) is 0 Å². The molecule has 102 valence electrons. The number of ether oxygens (including phenoxy) is 3. The summed E-state index contributed by atoms with van der Waals surface area (Å²) in [5.74, 6) is 2.16. The molecule has 0 atom stereocenters. The number of anilines is 1. The summed E-state index contributed by atoms with van der Waals surface area (Å²) in [4.78, 5) is 0. The van der Waals surface area contributed by atoms with E-state index in [1.165, 1.54) is 0 Å². The van der Waals surface area contributed by atoms with Gasteiger partial charge in [-0.1, -0.05) is 5.16 Å². The average molecular weight is 264 g/mol. The molecular weight excluding hydrogens is 248 g/mol. The van der Waals surface area contributed by atoms with Gasteiger partial charge in [0.2, 0.25) is 0 Å².